The Morgan fingerprint density at radius 2 is 0.728 bits per heavy atom. The number of hydrogen-bond donors (Lipinski definition) is 1. The highest BCUT2D eigenvalue weighted by molar-refractivity contribution is 9.09. The summed E-state index contributed by atoms with van der Waals surface area (Å²) < 4.78 is 24.9. The van der Waals surface area contributed by atoms with Gasteiger partial charge < -0.3 is 18.9 Å². The lowest BCUT2D eigenvalue weighted by Gasteiger charge is -2.62. The standard InChI is InChI=1S/C48H51Br4N17O12/c1-45-35-58-19-54-33-34-56(37(54)70)21-60-36-47-53-48-46(2)64(43(76)68(48)23-66(47)41(60)74)17-27-28(32(81-14-10-52)6-5-31(27)80-13-9-51)18-65(46)44(77)69(48)24-67(47)42(75)61(36)22-57(34)38(71)55(33)20-59(35)40(73)63(45)16-26-25(15-62(45)39(58)72)29(78-11-7-49)3-4-30(26)79-12-8-50/h3-6,33-36,53H,7-24H2,1-2H3. The highest BCUT2D eigenvalue weighted by atomic mass is 79.9. The highest BCUT2D eigenvalue weighted by Gasteiger charge is 2.88. The number of rotatable bonds is 12. The van der Waals surface area contributed by atoms with Crippen molar-refractivity contribution in [1.82, 2.24) is 83.7 Å². The van der Waals surface area contributed by atoms with Crippen LogP contribution >= 0.6 is 63.7 Å². The SMILES string of the molecule is CC12C3N4CN5C(=O)N6CN7C(=O)N8CN9C(=O)N%10Cc%11c(OCCBr)ccc(OCCBr)c%11CN%11C(=O)N%12CN%13C(=O)N(CN%14C(=O)N(CN3C(=O)N1Cc1c(OCCBr)ccc(OCCBr)c1CN2C4=O)C5C6%14)C7C8%13NC9%12C%10%11C. The van der Waals surface area contributed by atoms with Gasteiger partial charge in [0.1, 0.15) is 63.0 Å². The van der Waals surface area contributed by atoms with E-state index in [1.807, 2.05) is 13.8 Å². The van der Waals surface area contributed by atoms with Gasteiger partial charge in [-0.05, 0) is 38.1 Å². The van der Waals surface area contributed by atoms with Gasteiger partial charge in [0, 0.05) is 43.6 Å². The molecule has 0 atom stereocenters. The summed E-state index contributed by atoms with van der Waals surface area (Å²) in [5.74, 6) is -1.35. The monoisotopic (exact) mass is 1370 g/mol. The van der Waals surface area contributed by atoms with Gasteiger partial charge in [-0.25, -0.2) is 43.7 Å². The Bertz CT molecular complexity index is 3110. The number of amides is 16. The van der Waals surface area contributed by atoms with Crippen LogP contribution in [0.2, 0.25) is 0 Å². The molecule has 2 aromatic rings. The molecular formula is C48H51Br4N17O12. The largest absolute Gasteiger partial charge is 0.492 e. The number of urea groups is 8. The fourth-order valence-corrected chi connectivity index (χ4v) is 16.6. The molecule has 81 heavy (non-hydrogen) atoms. The van der Waals surface area contributed by atoms with E-state index in [2.05, 4.69) is 69.0 Å². The van der Waals surface area contributed by atoms with Crippen molar-refractivity contribution in [3.63, 3.8) is 0 Å². The van der Waals surface area contributed by atoms with Crippen molar-refractivity contribution in [1.29, 1.82) is 0 Å². The van der Waals surface area contributed by atoms with Crippen LogP contribution in [0.15, 0.2) is 24.3 Å². The average Bonchev–Trinajstić information content (AvgIpc) is 1.53. The van der Waals surface area contributed by atoms with Crippen LogP contribution in [0.25, 0.3) is 0 Å². The van der Waals surface area contributed by atoms with Gasteiger partial charge in [-0.1, -0.05) is 63.7 Å². The first-order valence-corrected chi connectivity index (χ1v) is 31.0. The van der Waals surface area contributed by atoms with Crippen LogP contribution in [0.4, 0.5) is 38.4 Å². The number of hydrogen-bond acceptors (Lipinski definition) is 13. The summed E-state index contributed by atoms with van der Waals surface area (Å²) in [6.45, 7) is 2.73. The molecule has 33 heteroatoms. The average molecular weight is 1380 g/mol. The summed E-state index contributed by atoms with van der Waals surface area (Å²) in [5.41, 5.74) is -0.134. The molecule has 0 saturated carbocycles. The zero-order chi connectivity index (χ0) is 55.9. The summed E-state index contributed by atoms with van der Waals surface area (Å²) >= 11 is 13.8. The lowest BCUT2D eigenvalue weighted by atomic mass is 9.96. The fourth-order valence-electron chi connectivity index (χ4n) is 15.9. The minimum absolute atomic E-state index is 0.00289. The Hall–Kier alpha value is -6.32. The lowest BCUT2D eigenvalue weighted by Crippen LogP contribution is -2.91. The predicted molar refractivity (Wildman–Crippen MR) is 287 cm³/mol. The van der Waals surface area contributed by atoms with Gasteiger partial charge in [-0.15, -0.1) is 0 Å². The number of nitrogens with one attached hydrogen (secondary N) is 1. The molecule has 14 aliphatic rings. The molecule has 2 spiro atoms. The van der Waals surface area contributed by atoms with Gasteiger partial charge in [0.15, 0.2) is 36.0 Å². The molecule has 0 aliphatic carbocycles. The Labute approximate surface area is 494 Å². The molecule has 14 aliphatic heterocycles. The normalized spacial score (nSPS) is 32.9. The maximum Gasteiger partial charge on any atom is 0.327 e. The second-order valence-corrected chi connectivity index (χ2v) is 25.5. The molecule has 0 aromatic heterocycles. The molecule has 12 saturated heterocycles. The molecule has 16 rings (SSSR count). The van der Waals surface area contributed by atoms with Crippen LogP contribution < -0.4 is 24.3 Å². The van der Waals surface area contributed by atoms with Crippen LogP contribution in [-0.2, 0) is 26.2 Å². The van der Waals surface area contributed by atoms with E-state index < -0.39 is 109 Å². The Morgan fingerprint density at radius 1 is 0.407 bits per heavy atom. The number of fused-ring (bicyclic) bond motifs is 2. The minimum Gasteiger partial charge on any atom is -0.492 e. The van der Waals surface area contributed by atoms with Crippen molar-refractivity contribution < 1.29 is 57.3 Å². The molecule has 2 bridgehead atoms. The van der Waals surface area contributed by atoms with Crippen LogP contribution in [0.1, 0.15) is 36.1 Å². The quantitative estimate of drug-likeness (QED) is 0.302. The molecule has 428 valence electrons. The van der Waals surface area contributed by atoms with Crippen LogP contribution in [-0.4, -0.2) is 262 Å². The van der Waals surface area contributed by atoms with E-state index in [1.54, 1.807) is 43.9 Å². The van der Waals surface area contributed by atoms with Crippen molar-refractivity contribution in [2.24, 2.45) is 0 Å². The first-order chi connectivity index (χ1) is 39.1. The molecule has 29 nitrogen and oxygen atoms in total. The minimum atomic E-state index is -1.76. The third-order valence-corrected chi connectivity index (χ3v) is 20.5. The van der Waals surface area contributed by atoms with E-state index in [0.717, 1.165) is 0 Å². The van der Waals surface area contributed by atoms with Crippen molar-refractivity contribution in [3.8, 4) is 23.0 Å². The molecule has 2 aromatic carbocycles. The zero-order valence-electron chi connectivity index (χ0n) is 43.4. The Balaban J connectivity index is 0.763. The van der Waals surface area contributed by atoms with Gasteiger partial charge >= 0.3 is 48.2 Å². The molecule has 12 fully saturated rings. The lowest BCUT2D eigenvalue weighted by molar-refractivity contribution is -0.238. The van der Waals surface area contributed by atoms with Crippen molar-refractivity contribution >= 4 is 112 Å². The van der Waals surface area contributed by atoms with Crippen LogP contribution in [0.3, 0.4) is 0 Å². The summed E-state index contributed by atoms with van der Waals surface area (Å²) in [7, 11) is 0. The Kier molecular flexibility index (Phi) is 10.4. The maximum atomic E-state index is 15.5. The second-order valence-electron chi connectivity index (χ2n) is 22.3. The van der Waals surface area contributed by atoms with Gasteiger partial charge in [0.05, 0.1) is 52.6 Å². The van der Waals surface area contributed by atoms with Crippen molar-refractivity contribution in [3.05, 3.63) is 46.5 Å². The summed E-state index contributed by atoms with van der Waals surface area (Å²) in [6, 6.07) is 2.89. The Morgan fingerprint density at radius 3 is 1.07 bits per heavy atom. The topological polar surface area (TPSA) is 237 Å². The van der Waals surface area contributed by atoms with E-state index in [0.29, 0.717) is 93.0 Å². The predicted octanol–water partition coefficient (Wildman–Crippen LogP) is 2.84. The molecule has 1 N–H and O–H groups in total. The fraction of sp³-hybridized carbons (Fsp3) is 0.583. The number of nitrogens with zero attached hydrogens (tertiary/aromatic N) is 16. The number of carbonyl (C=O) groups is 8. The summed E-state index contributed by atoms with van der Waals surface area (Å²) in [5, 5.41) is 5.84. The van der Waals surface area contributed by atoms with E-state index in [4.69, 9.17) is 18.9 Å². The summed E-state index contributed by atoms with van der Waals surface area (Å²) in [4.78, 5) is 147. The maximum absolute atomic E-state index is 15.5. The molecule has 16 amide bonds. The van der Waals surface area contributed by atoms with Gasteiger partial charge in [-0.3, -0.25) is 78.4 Å². The van der Waals surface area contributed by atoms with E-state index >= 15 is 38.4 Å². The van der Waals surface area contributed by atoms with Crippen LogP contribution in [0, 0.1) is 0 Å². The number of ether oxygens (including phenoxy) is 4. The number of alkyl halides is 4. The van der Waals surface area contributed by atoms with Crippen LogP contribution in [0.5, 0.6) is 23.0 Å². The third kappa shape index (κ3) is 5.66. The zero-order valence-corrected chi connectivity index (χ0v) is 49.8. The summed E-state index contributed by atoms with van der Waals surface area (Å²) in [6.07, 6.45) is -4.43. The molecule has 0 radical (unpaired) electrons. The van der Waals surface area contributed by atoms with E-state index in [1.165, 1.54) is 58.8 Å². The third-order valence-electron chi connectivity index (χ3n) is 19.2. The molecule has 14 heterocycles. The first kappa shape index (κ1) is 50.4. The van der Waals surface area contributed by atoms with E-state index in [-0.39, 0.29) is 52.9 Å². The van der Waals surface area contributed by atoms with Gasteiger partial charge in [0.25, 0.3) is 0 Å². The number of halogens is 4. The number of benzene rings is 2. The highest BCUT2D eigenvalue weighted by Crippen LogP contribution is 2.62. The van der Waals surface area contributed by atoms with Gasteiger partial charge in [0.2, 0.25) is 11.6 Å². The van der Waals surface area contributed by atoms with E-state index in [9.17, 15) is 0 Å². The molecule has 0 unspecified atom stereocenters. The second kappa shape index (κ2) is 16.7. The number of carbonyl (C=O) groups excluding carboxylic acids is 8. The first-order valence-electron chi connectivity index (χ1n) is 26.6. The van der Waals surface area contributed by atoms with Crippen molar-refractivity contribution in [2.75, 3.05) is 87.8 Å². The van der Waals surface area contributed by atoms with Gasteiger partial charge in [-0.2, -0.15) is 0 Å². The van der Waals surface area contributed by atoms with Crippen molar-refractivity contribution in [2.45, 2.75) is 87.6 Å². The molecular weight excluding hydrogens is 1330 g/mol. The smallest absolute Gasteiger partial charge is 0.327 e.